The number of ether oxygens (including phenoxy) is 2. The maximum atomic E-state index is 9.56. The normalized spacial score (nSPS) is 18.2. The molecule has 1 saturated heterocycles. The largest absolute Gasteiger partial charge is 0.497 e. The smallest absolute Gasteiger partial charge is 0.118 e. The summed E-state index contributed by atoms with van der Waals surface area (Å²) < 4.78 is 10.5. The van der Waals surface area contributed by atoms with E-state index in [-0.39, 0.29) is 6.61 Å². The van der Waals surface area contributed by atoms with E-state index in [2.05, 4.69) is 12.1 Å². The lowest BCUT2D eigenvalue weighted by Crippen LogP contribution is -2.21. The van der Waals surface area contributed by atoms with Gasteiger partial charge in [-0.1, -0.05) is 12.1 Å². The summed E-state index contributed by atoms with van der Waals surface area (Å²) in [5.74, 6) is 1.95. The molecule has 1 unspecified atom stereocenters. The van der Waals surface area contributed by atoms with E-state index in [1.807, 2.05) is 12.1 Å². The van der Waals surface area contributed by atoms with E-state index in [0.717, 1.165) is 44.6 Å². The fraction of sp³-hybridized carbons (Fsp3) is 0.625. The molecule has 0 spiro atoms. The average Bonchev–Trinajstić information content (AvgIpc) is 2.48. The molecule has 3 heteroatoms. The molecule has 2 rings (SSSR count). The van der Waals surface area contributed by atoms with Crippen molar-refractivity contribution in [2.45, 2.75) is 25.7 Å². The van der Waals surface area contributed by atoms with Gasteiger partial charge in [-0.2, -0.15) is 0 Å². The molecule has 0 saturated carbocycles. The summed E-state index contributed by atoms with van der Waals surface area (Å²) in [6, 6.07) is 8.15. The van der Waals surface area contributed by atoms with Crippen molar-refractivity contribution >= 4 is 0 Å². The first-order valence-electron chi connectivity index (χ1n) is 7.13. The molecule has 1 atom stereocenters. The number of rotatable bonds is 6. The Balaban J connectivity index is 1.86. The zero-order valence-electron chi connectivity index (χ0n) is 11.7. The third kappa shape index (κ3) is 4.51. The molecule has 0 bridgehead atoms. The topological polar surface area (TPSA) is 38.7 Å². The second-order valence-electron chi connectivity index (χ2n) is 5.39. The summed E-state index contributed by atoms with van der Waals surface area (Å²) in [5, 5.41) is 9.56. The van der Waals surface area contributed by atoms with Gasteiger partial charge in [0.25, 0.3) is 0 Å². The lowest BCUT2D eigenvalue weighted by atomic mass is 9.86. The molecule has 0 aromatic heterocycles. The van der Waals surface area contributed by atoms with Crippen molar-refractivity contribution in [3.8, 4) is 5.75 Å². The summed E-state index contributed by atoms with van der Waals surface area (Å²) in [6.07, 6.45) is 4.32. The highest BCUT2D eigenvalue weighted by atomic mass is 16.5. The van der Waals surface area contributed by atoms with Crippen LogP contribution in [0.15, 0.2) is 24.3 Å². The molecule has 1 aromatic rings. The molecular weight excluding hydrogens is 240 g/mol. The molecule has 3 nitrogen and oxygen atoms in total. The first-order valence-corrected chi connectivity index (χ1v) is 7.13. The fourth-order valence-electron chi connectivity index (χ4n) is 2.77. The molecule has 19 heavy (non-hydrogen) atoms. The molecule has 1 fully saturated rings. The summed E-state index contributed by atoms with van der Waals surface area (Å²) >= 11 is 0. The van der Waals surface area contributed by atoms with Gasteiger partial charge < -0.3 is 14.6 Å². The monoisotopic (exact) mass is 264 g/mol. The molecule has 1 aliphatic heterocycles. The lowest BCUT2D eigenvalue weighted by molar-refractivity contribution is 0.0540. The Morgan fingerprint density at radius 1 is 1.26 bits per heavy atom. The third-order valence-corrected chi connectivity index (χ3v) is 3.95. The fourth-order valence-corrected chi connectivity index (χ4v) is 2.77. The van der Waals surface area contributed by atoms with Crippen LogP contribution in [0.3, 0.4) is 0 Å². The molecule has 0 radical (unpaired) electrons. The van der Waals surface area contributed by atoms with E-state index in [1.165, 1.54) is 5.56 Å². The minimum atomic E-state index is 0.267. The van der Waals surface area contributed by atoms with Crippen molar-refractivity contribution in [2.75, 3.05) is 26.9 Å². The van der Waals surface area contributed by atoms with E-state index in [1.54, 1.807) is 7.11 Å². The van der Waals surface area contributed by atoms with Crippen LogP contribution in [0, 0.1) is 11.8 Å². The average molecular weight is 264 g/mol. The zero-order chi connectivity index (χ0) is 13.5. The van der Waals surface area contributed by atoms with E-state index in [4.69, 9.17) is 9.47 Å². The number of aliphatic hydroxyl groups excluding tert-OH is 1. The van der Waals surface area contributed by atoms with Crippen LogP contribution >= 0.6 is 0 Å². The molecule has 1 aromatic carbocycles. The number of benzene rings is 1. The lowest BCUT2D eigenvalue weighted by Gasteiger charge is -2.25. The molecule has 1 heterocycles. The predicted molar refractivity (Wildman–Crippen MR) is 75.4 cm³/mol. The second kappa shape index (κ2) is 7.51. The van der Waals surface area contributed by atoms with Gasteiger partial charge in [-0.05, 0) is 55.2 Å². The zero-order valence-corrected chi connectivity index (χ0v) is 11.7. The Labute approximate surface area is 115 Å². The van der Waals surface area contributed by atoms with Gasteiger partial charge >= 0.3 is 0 Å². The van der Waals surface area contributed by atoms with Crippen LogP contribution in [-0.2, 0) is 11.2 Å². The van der Waals surface area contributed by atoms with E-state index < -0.39 is 0 Å². The summed E-state index contributed by atoms with van der Waals surface area (Å²) in [7, 11) is 1.68. The quantitative estimate of drug-likeness (QED) is 0.858. The van der Waals surface area contributed by atoms with Crippen molar-refractivity contribution in [2.24, 2.45) is 11.8 Å². The van der Waals surface area contributed by atoms with Crippen LogP contribution in [0.5, 0.6) is 5.75 Å². The van der Waals surface area contributed by atoms with E-state index >= 15 is 0 Å². The van der Waals surface area contributed by atoms with Gasteiger partial charge in [-0.25, -0.2) is 0 Å². The highest BCUT2D eigenvalue weighted by Crippen LogP contribution is 2.25. The Bertz CT molecular complexity index is 355. The predicted octanol–water partition coefficient (Wildman–Crippen LogP) is 2.66. The van der Waals surface area contributed by atoms with Crippen molar-refractivity contribution < 1.29 is 14.6 Å². The molecule has 106 valence electrons. The highest BCUT2D eigenvalue weighted by molar-refractivity contribution is 5.27. The minimum Gasteiger partial charge on any atom is -0.497 e. The number of aliphatic hydroxyl groups is 1. The van der Waals surface area contributed by atoms with Crippen molar-refractivity contribution in [3.05, 3.63) is 29.8 Å². The molecule has 0 amide bonds. The third-order valence-electron chi connectivity index (χ3n) is 3.95. The van der Waals surface area contributed by atoms with Gasteiger partial charge in [0.15, 0.2) is 0 Å². The minimum absolute atomic E-state index is 0.267. The van der Waals surface area contributed by atoms with Gasteiger partial charge in [0.1, 0.15) is 5.75 Å². The van der Waals surface area contributed by atoms with Crippen molar-refractivity contribution in [1.82, 2.24) is 0 Å². The van der Waals surface area contributed by atoms with Crippen LogP contribution < -0.4 is 4.74 Å². The van der Waals surface area contributed by atoms with E-state index in [9.17, 15) is 5.11 Å². The summed E-state index contributed by atoms with van der Waals surface area (Å²) in [4.78, 5) is 0. The van der Waals surface area contributed by atoms with Gasteiger partial charge in [-0.15, -0.1) is 0 Å². The molecule has 1 aliphatic rings. The van der Waals surface area contributed by atoms with Crippen LogP contribution in [0.4, 0.5) is 0 Å². The first kappa shape index (κ1) is 14.4. The van der Waals surface area contributed by atoms with E-state index in [0.29, 0.717) is 11.8 Å². The Kier molecular flexibility index (Phi) is 5.67. The van der Waals surface area contributed by atoms with Gasteiger partial charge in [-0.3, -0.25) is 0 Å². The first-order chi connectivity index (χ1) is 9.31. The SMILES string of the molecule is COc1ccc(CC(CO)CC2CCOCC2)cc1. The van der Waals surface area contributed by atoms with Crippen LogP contribution in [0.1, 0.15) is 24.8 Å². The Morgan fingerprint density at radius 2 is 1.95 bits per heavy atom. The van der Waals surface area contributed by atoms with Crippen LogP contribution in [0.25, 0.3) is 0 Å². The van der Waals surface area contributed by atoms with Gasteiger partial charge in [0, 0.05) is 19.8 Å². The molecule has 0 aliphatic carbocycles. The van der Waals surface area contributed by atoms with Gasteiger partial charge in [0.2, 0.25) is 0 Å². The van der Waals surface area contributed by atoms with Crippen molar-refractivity contribution in [3.63, 3.8) is 0 Å². The Hall–Kier alpha value is -1.06. The molecule has 1 N–H and O–H groups in total. The van der Waals surface area contributed by atoms with Crippen LogP contribution in [-0.4, -0.2) is 32.0 Å². The maximum Gasteiger partial charge on any atom is 0.118 e. The van der Waals surface area contributed by atoms with Crippen molar-refractivity contribution in [1.29, 1.82) is 0 Å². The Morgan fingerprint density at radius 3 is 2.53 bits per heavy atom. The highest BCUT2D eigenvalue weighted by Gasteiger charge is 2.19. The maximum absolute atomic E-state index is 9.56. The summed E-state index contributed by atoms with van der Waals surface area (Å²) in [6.45, 7) is 2.03. The number of hydrogen-bond donors (Lipinski definition) is 1. The molecular formula is C16H24O3. The van der Waals surface area contributed by atoms with Gasteiger partial charge in [0.05, 0.1) is 7.11 Å². The summed E-state index contributed by atoms with van der Waals surface area (Å²) in [5.41, 5.74) is 1.27. The second-order valence-corrected chi connectivity index (χ2v) is 5.39. The number of hydrogen-bond acceptors (Lipinski definition) is 3. The number of methoxy groups -OCH3 is 1. The standard InChI is InChI=1S/C16H24O3/c1-18-16-4-2-13(3-5-16)10-15(12-17)11-14-6-8-19-9-7-14/h2-5,14-15,17H,6-12H2,1H3. The van der Waals surface area contributed by atoms with Crippen LogP contribution in [0.2, 0.25) is 0 Å².